The van der Waals surface area contributed by atoms with Gasteiger partial charge in [-0.05, 0) is 48.8 Å². The highest BCUT2D eigenvalue weighted by molar-refractivity contribution is 7.10. The average Bonchev–Trinajstić information content (AvgIpc) is 3.35. The molecule has 2 aromatic rings. The first-order chi connectivity index (χ1) is 12.8. The Morgan fingerprint density at radius 1 is 1.33 bits per heavy atom. The summed E-state index contributed by atoms with van der Waals surface area (Å²) in [5.74, 6) is -1.70. The smallest absolute Gasteiger partial charge is 0.313 e. The summed E-state index contributed by atoms with van der Waals surface area (Å²) in [7, 11) is 0. The van der Waals surface area contributed by atoms with E-state index >= 15 is 0 Å². The zero-order chi connectivity index (χ0) is 19.6. The van der Waals surface area contributed by atoms with E-state index in [4.69, 9.17) is 0 Å². The number of carbonyl (C=O) groups is 2. The number of amides is 2. The van der Waals surface area contributed by atoms with Crippen LogP contribution in [0.1, 0.15) is 23.3 Å². The van der Waals surface area contributed by atoms with Gasteiger partial charge >= 0.3 is 11.8 Å². The number of aryl methyl sites for hydroxylation is 1. The van der Waals surface area contributed by atoms with Crippen molar-refractivity contribution in [1.29, 1.82) is 0 Å². The van der Waals surface area contributed by atoms with Crippen LogP contribution in [0.15, 0.2) is 35.7 Å². The Bertz CT molecular complexity index is 879. The number of nitro groups is 1. The quantitative estimate of drug-likeness (QED) is 0.398. The van der Waals surface area contributed by atoms with Crippen molar-refractivity contribution < 1.29 is 19.6 Å². The SMILES string of the molecule is Cc1cc([N+](=O)[O-])ccc1NC(=O)C(=O)NCC(O)(c1cccs1)C1CC1. The first kappa shape index (κ1) is 19.0. The maximum Gasteiger partial charge on any atom is 0.313 e. The number of anilines is 1. The van der Waals surface area contributed by atoms with E-state index in [-0.39, 0.29) is 18.2 Å². The number of nitrogens with zero attached hydrogens (tertiary/aromatic N) is 1. The van der Waals surface area contributed by atoms with Gasteiger partial charge in [0.15, 0.2) is 0 Å². The van der Waals surface area contributed by atoms with Crippen molar-refractivity contribution >= 4 is 34.5 Å². The third-order valence-corrected chi connectivity index (χ3v) is 5.63. The molecule has 0 saturated heterocycles. The Balaban J connectivity index is 1.63. The summed E-state index contributed by atoms with van der Waals surface area (Å²) in [4.78, 5) is 35.3. The van der Waals surface area contributed by atoms with Crippen LogP contribution in [0, 0.1) is 23.0 Å². The second kappa shape index (κ2) is 7.45. The number of non-ortho nitro benzene ring substituents is 1. The van der Waals surface area contributed by atoms with E-state index in [2.05, 4.69) is 10.6 Å². The molecular weight excluding hydrogens is 370 g/mol. The summed E-state index contributed by atoms with van der Waals surface area (Å²) >= 11 is 1.41. The van der Waals surface area contributed by atoms with Crippen molar-refractivity contribution in [3.05, 3.63) is 56.3 Å². The van der Waals surface area contributed by atoms with E-state index in [1.807, 2.05) is 17.5 Å². The van der Waals surface area contributed by atoms with Crippen LogP contribution in [-0.2, 0) is 15.2 Å². The molecule has 1 saturated carbocycles. The summed E-state index contributed by atoms with van der Waals surface area (Å²) in [6.07, 6.45) is 1.75. The number of aliphatic hydroxyl groups is 1. The number of nitro benzene ring substituents is 1. The molecule has 8 nitrogen and oxygen atoms in total. The fraction of sp³-hybridized carbons (Fsp3) is 0.333. The fourth-order valence-corrected chi connectivity index (χ4v) is 3.80. The highest BCUT2D eigenvalue weighted by Crippen LogP contribution is 2.46. The van der Waals surface area contributed by atoms with Gasteiger partial charge in [-0.25, -0.2) is 0 Å². The van der Waals surface area contributed by atoms with E-state index < -0.39 is 22.3 Å². The van der Waals surface area contributed by atoms with Crippen LogP contribution in [0.25, 0.3) is 0 Å². The Hall–Kier alpha value is -2.78. The van der Waals surface area contributed by atoms with E-state index in [0.717, 1.165) is 17.7 Å². The second-order valence-electron chi connectivity index (χ2n) is 6.57. The molecule has 142 valence electrons. The fourth-order valence-electron chi connectivity index (χ4n) is 2.89. The van der Waals surface area contributed by atoms with Gasteiger partial charge in [0.2, 0.25) is 0 Å². The van der Waals surface area contributed by atoms with Crippen LogP contribution in [0.4, 0.5) is 11.4 Å². The molecule has 1 heterocycles. The summed E-state index contributed by atoms with van der Waals surface area (Å²) in [5, 5.41) is 28.5. The Labute approximate surface area is 159 Å². The van der Waals surface area contributed by atoms with Crippen LogP contribution in [0.3, 0.4) is 0 Å². The minimum atomic E-state index is -1.17. The van der Waals surface area contributed by atoms with Gasteiger partial charge in [0.05, 0.1) is 11.5 Å². The number of benzene rings is 1. The monoisotopic (exact) mass is 389 g/mol. The minimum Gasteiger partial charge on any atom is -0.382 e. The predicted octanol–water partition coefficient (Wildman–Crippen LogP) is 2.32. The molecule has 9 heteroatoms. The molecule has 0 radical (unpaired) electrons. The Morgan fingerprint density at radius 2 is 2.07 bits per heavy atom. The zero-order valence-electron chi connectivity index (χ0n) is 14.6. The summed E-state index contributed by atoms with van der Waals surface area (Å²) < 4.78 is 0. The maximum atomic E-state index is 12.2. The highest BCUT2D eigenvalue weighted by atomic mass is 32.1. The van der Waals surface area contributed by atoms with Crippen LogP contribution >= 0.6 is 11.3 Å². The number of hydrogen-bond acceptors (Lipinski definition) is 6. The molecule has 27 heavy (non-hydrogen) atoms. The number of nitrogens with one attached hydrogen (secondary N) is 2. The van der Waals surface area contributed by atoms with Crippen LogP contribution in [0.5, 0.6) is 0 Å². The molecule has 1 fully saturated rings. The number of rotatable bonds is 6. The number of thiophene rings is 1. The van der Waals surface area contributed by atoms with E-state index in [0.29, 0.717) is 11.3 Å². The van der Waals surface area contributed by atoms with Crippen LogP contribution in [-0.4, -0.2) is 28.4 Å². The van der Waals surface area contributed by atoms with Gasteiger partial charge in [0, 0.05) is 22.7 Å². The van der Waals surface area contributed by atoms with Crippen LogP contribution < -0.4 is 10.6 Å². The van der Waals surface area contributed by atoms with Gasteiger partial charge in [-0.2, -0.15) is 0 Å². The van der Waals surface area contributed by atoms with Crippen molar-refractivity contribution in [3.63, 3.8) is 0 Å². The molecule has 1 aliphatic carbocycles. The molecule has 2 amide bonds. The van der Waals surface area contributed by atoms with Gasteiger partial charge in [-0.3, -0.25) is 19.7 Å². The third-order valence-electron chi connectivity index (χ3n) is 4.59. The number of hydrogen-bond donors (Lipinski definition) is 3. The normalized spacial score (nSPS) is 15.6. The van der Waals surface area contributed by atoms with Crippen molar-refractivity contribution in [2.45, 2.75) is 25.4 Å². The molecule has 1 aromatic carbocycles. The molecule has 0 aliphatic heterocycles. The zero-order valence-corrected chi connectivity index (χ0v) is 15.4. The largest absolute Gasteiger partial charge is 0.382 e. The molecule has 0 bridgehead atoms. The predicted molar refractivity (Wildman–Crippen MR) is 100 cm³/mol. The third kappa shape index (κ3) is 4.15. The molecule has 1 atom stereocenters. The standard InChI is InChI=1S/C18H19N3O5S/c1-11-9-13(21(25)26)6-7-14(11)20-17(23)16(22)19-10-18(24,12-4-5-12)15-3-2-8-27-15/h2-3,6-9,12,24H,4-5,10H2,1H3,(H,19,22)(H,20,23). The van der Waals surface area contributed by atoms with E-state index in [1.165, 1.54) is 29.5 Å². The molecule has 3 N–H and O–H groups in total. The molecule has 0 spiro atoms. The summed E-state index contributed by atoms with van der Waals surface area (Å²) in [5.41, 5.74) is -0.483. The highest BCUT2D eigenvalue weighted by Gasteiger charge is 2.46. The lowest BCUT2D eigenvalue weighted by molar-refractivity contribution is -0.384. The molecular formula is C18H19N3O5S. The summed E-state index contributed by atoms with van der Waals surface area (Å²) in [6, 6.07) is 7.60. The van der Waals surface area contributed by atoms with E-state index in [9.17, 15) is 24.8 Å². The van der Waals surface area contributed by atoms with Gasteiger partial charge in [0.1, 0.15) is 5.60 Å². The molecule has 1 aromatic heterocycles. The minimum absolute atomic E-state index is 0.0519. The van der Waals surface area contributed by atoms with Crippen molar-refractivity contribution in [2.24, 2.45) is 5.92 Å². The summed E-state index contributed by atoms with van der Waals surface area (Å²) in [6.45, 7) is 1.55. The van der Waals surface area contributed by atoms with Gasteiger partial charge in [0.25, 0.3) is 5.69 Å². The topological polar surface area (TPSA) is 122 Å². The Morgan fingerprint density at radius 3 is 2.63 bits per heavy atom. The van der Waals surface area contributed by atoms with E-state index in [1.54, 1.807) is 6.92 Å². The number of carbonyl (C=O) groups excluding carboxylic acids is 2. The lowest BCUT2D eigenvalue weighted by atomic mass is 9.95. The molecule has 1 aliphatic rings. The Kier molecular flexibility index (Phi) is 5.24. The lowest BCUT2D eigenvalue weighted by Crippen LogP contribution is -2.45. The first-order valence-electron chi connectivity index (χ1n) is 8.42. The van der Waals surface area contributed by atoms with Gasteiger partial charge in [-0.1, -0.05) is 6.07 Å². The maximum absolute atomic E-state index is 12.2. The van der Waals surface area contributed by atoms with Gasteiger partial charge in [-0.15, -0.1) is 11.3 Å². The van der Waals surface area contributed by atoms with Crippen molar-refractivity contribution in [3.8, 4) is 0 Å². The first-order valence-corrected chi connectivity index (χ1v) is 9.30. The second-order valence-corrected chi connectivity index (χ2v) is 7.52. The molecule has 1 unspecified atom stereocenters. The average molecular weight is 389 g/mol. The van der Waals surface area contributed by atoms with Crippen molar-refractivity contribution in [1.82, 2.24) is 5.32 Å². The van der Waals surface area contributed by atoms with Crippen molar-refractivity contribution in [2.75, 3.05) is 11.9 Å². The lowest BCUT2D eigenvalue weighted by Gasteiger charge is -2.27. The molecule has 3 rings (SSSR count). The van der Waals surface area contributed by atoms with Gasteiger partial charge < -0.3 is 15.7 Å². The van der Waals surface area contributed by atoms with Crippen LogP contribution in [0.2, 0.25) is 0 Å².